The van der Waals surface area contributed by atoms with Crippen molar-refractivity contribution in [2.45, 2.75) is 27.2 Å². The lowest BCUT2D eigenvalue weighted by molar-refractivity contribution is 0.292. The van der Waals surface area contributed by atoms with E-state index >= 15 is 0 Å². The molecule has 0 unspecified atom stereocenters. The first-order valence-electron chi connectivity index (χ1n) is 7.03. The molecule has 112 valence electrons. The van der Waals surface area contributed by atoms with Gasteiger partial charge in [0.05, 0.1) is 6.61 Å². The van der Waals surface area contributed by atoms with Gasteiger partial charge in [0.15, 0.2) is 0 Å². The fourth-order valence-electron chi connectivity index (χ4n) is 1.73. The van der Waals surface area contributed by atoms with Gasteiger partial charge in [0.1, 0.15) is 0 Å². The molecule has 0 fully saturated rings. The maximum Gasteiger partial charge on any atom is 0.323 e. The third-order valence-electron chi connectivity index (χ3n) is 3.04. The van der Waals surface area contributed by atoms with Crippen molar-refractivity contribution in [1.82, 2.24) is 15.0 Å². The van der Waals surface area contributed by atoms with Crippen molar-refractivity contribution in [2.75, 3.05) is 24.3 Å². The van der Waals surface area contributed by atoms with Crippen LogP contribution in [0, 0.1) is 13.8 Å². The number of aryl methyl sites for hydroxylation is 2. The van der Waals surface area contributed by atoms with E-state index in [4.69, 9.17) is 4.74 Å². The van der Waals surface area contributed by atoms with Gasteiger partial charge >= 0.3 is 6.01 Å². The largest absolute Gasteiger partial charge is 0.463 e. The van der Waals surface area contributed by atoms with Crippen LogP contribution < -0.4 is 15.4 Å². The van der Waals surface area contributed by atoms with Crippen LogP contribution in [-0.4, -0.2) is 28.6 Å². The van der Waals surface area contributed by atoms with E-state index in [1.807, 2.05) is 13.0 Å². The quantitative estimate of drug-likeness (QED) is 0.850. The van der Waals surface area contributed by atoms with E-state index in [0.29, 0.717) is 24.5 Å². The summed E-state index contributed by atoms with van der Waals surface area (Å²) in [4.78, 5) is 12.7. The lowest BCUT2D eigenvalue weighted by Gasteiger charge is -2.10. The van der Waals surface area contributed by atoms with Crippen LogP contribution in [0.25, 0.3) is 0 Å². The first-order chi connectivity index (χ1) is 10.1. The molecule has 0 saturated carbocycles. The second-order valence-corrected chi connectivity index (χ2v) is 4.79. The molecule has 0 aliphatic heterocycles. The Morgan fingerprint density at radius 2 is 1.81 bits per heavy atom. The van der Waals surface area contributed by atoms with E-state index in [0.717, 1.165) is 12.1 Å². The predicted molar refractivity (Wildman–Crippen MR) is 84.4 cm³/mol. The molecule has 2 rings (SSSR count). The van der Waals surface area contributed by atoms with Crippen LogP contribution in [0.3, 0.4) is 0 Å². The molecule has 0 amide bonds. The van der Waals surface area contributed by atoms with Gasteiger partial charge in [-0.25, -0.2) is 0 Å². The lowest BCUT2D eigenvalue weighted by Crippen LogP contribution is -2.07. The van der Waals surface area contributed by atoms with Crippen LogP contribution in [0.4, 0.5) is 17.6 Å². The van der Waals surface area contributed by atoms with Crippen LogP contribution >= 0.6 is 0 Å². The number of ether oxygens (including phenoxy) is 1. The van der Waals surface area contributed by atoms with E-state index in [9.17, 15) is 0 Å². The number of hydrogen-bond donors (Lipinski definition) is 2. The van der Waals surface area contributed by atoms with Crippen molar-refractivity contribution in [3.05, 3.63) is 29.3 Å². The van der Waals surface area contributed by atoms with Crippen molar-refractivity contribution in [3.8, 4) is 6.01 Å². The molecule has 0 aliphatic carbocycles. The molecular formula is C15H21N5O. The van der Waals surface area contributed by atoms with E-state index in [1.54, 1.807) is 7.05 Å². The van der Waals surface area contributed by atoms with Gasteiger partial charge < -0.3 is 15.4 Å². The summed E-state index contributed by atoms with van der Waals surface area (Å²) in [6.45, 7) is 6.77. The molecule has 2 N–H and O–H groups in total. The molecule has 0 radical (unpaired) electrons. The monoisotopic (exact) mass is 287 g/mol. The Bertz CT molecular complexity index is 615. The second-order valence-electron chi connectivity index (χ2n) is 4.79. The van der Waals surface area contributed by atoms with Crippen LogP contribution in [0.15, 0.2) is 18.2 Å². The fraction of sp³-hybridized carbons (Fsp3) is 0.400. The Hall–Kier alpha value is -2.37. The highest BCUT2D eigenvalue weighted by Gasteiger charge is 2.07. The molecule has 0 atom stereocenters. The SMILES string of the molecule is CCCOc1nc(NC)nc(Nc2ccc(C)c(C)c2)n1. The molecule has 21 heavy (non-hydrogen) atoms. The molecule has 0 aliphatic rings. The smallest absolute Gasteiger partial charge is 0.323 e. The number of anilines is 3. The Kier molecular flexibility index (Phi) is 4.92. The lowest BCUT2D eigenvalue weighted by atomic mass is 10.1. The van der Waals surface area contributed by atoms with Crippen molar-refractivity contribution >= 4 is 17.6 Å². The van der Waals surface area contributed by atoms with Gasteiger partial charge in [-0.1, -0.05) is 13.0 Å². The summed E-state index contributed by atoms with van der Waals surface area (Å²) < 4.78 is 5.48. The Morgan fingerprint density at radius 1 is 1.05 bits per heavy atom. The van der Waals surface area contributed by atoms with Crippen molar-refractivity contribution in [2.24, 2.45) is 0 Å². The number of hydrogen-bond acceptors (Lipinski definition) is 6. The van der Waals surface area contributed by atoms with Crippen LogP contribution in [-0.2, 0) is 0 Å². The molecule has 0 saturated heterocycles. The summed E-state index contributed by atoms with van der Waals surface area (Å²) in [5.41, 5.74) is 3.40. The minimum absolute atomic E-state index is 0.322. The van der Waals surface area contributed by atoms with E-state index in [1.165, 1.54) is 11.1 Å². The maximum atomic E-state index is 5.48. The second kappa shape index (κ2) is 6.88. The molecule has 1 aromatic carbocycles. The molecule has 0 spiro atoms. The summed E-state index contributed by atoms with van der Waals surface area (Å²) in [6.07, 6.45) is 0.903. The molecule has 6 nitrogen and oxygen atoms in total. The van der Waals surface area contributed by atoms with Gasteiger partial charge in [0, 0.05) is 12.7 Å². The topological polar surface area (TPSA) is 72.0 Å². The Labute approximate surface area is 125 Å². The van der Waals surface area contributed by atoms with Crippen LogP contribution in [0.2, 0.25) is 0 Å². The molecule has 1 aromatic heterocycles. The first kappa shape index (κ1) is 15.0. The van der Waals surface area contributed by atoms with Crippen LogP contribution in [0.1, 0.15) is 24.5 Å². The number of nitrogens with zero attached hydrogens (tertiary/aromatic N) is 3. The Balaban J connectivity index is 2.23. The predicted octanol–water partition coefficient (Wildman–Crippen LogP) is 3.06. The van der Waals surface area contributed by atoms with E-state index in [-0.39, 0.29) is 0 Å². The summed E-state index contributed by atoms with van der Waals surface area (Å²) in [6, 6.07) is 6.44. The molecular weight excluding hydrogens is 266 g/mol. The van der Waals surface area contributed by atoms with Gasteiger partial charge in [-0.2, -0.15) is 15.0 Å². The van der Waals surface area contributed by atoms with Gasteiger partial charge in [0.25, 0.3) is 0 Å². The van der Waals surface area contributed by atoms with Crippen molar-refractivity contribution in [1.29, 1.82) is 0 Å². The number of aromatic nitrogens is 3. The Morgan fingerprint density at radius 3 is 2.48 bits per heavy atom. The third-order valence-corrected chi connectivity index (χ3v) is 3.04. The van der Waals surface area contributed by atoms with Gasteiger partial charge in [-0.3, -0.25) is 0 Å². The zero-order valence-corrected chi connectivity index (χ0v) is 12.9. The summed E-state index contributed by atoms with van der Waals surface area (Å²) in [5, 5.41) is 6.09. The minimum atomic E-state index is 0.322. The van der Waals surface area contributed by atoms with Gasteiger partial charge in [-0.15, -0.1) is 0 Å². The molecule has 6 heteroatoms. The third kappa shape index (κ3) is 4.05. The summed E-state index contributed by atoms with van der Waals surface area (Å²) in [7, 11) is 1.76. The highest BCUT2D eigenvalue weighted by Crippen LogP contribution is 2.19. The molecule has 2 aromatic rings. The average molecular weight is 287 g/mol. The normalized spacial score (nSPS) is 10.3. The number of nitrogens with one attached hydrogen (secondary N) is 2. The highest BCUT2D eigenvalue weighted by molar-refractivity contribution is 5.56. The van der Waals surface area contributed by atoms with E-state index in [2.05, 4.69) is 51.6 Å². The molecule has 0 bridgehead atoms. The summed E-state index contributed by atoms with van der Waals surface area (Å²) in [5.74, 6) is 0.936. The van der Waals surface area contributed by atoms with Crippen LogP contribution in [0.5, 0.6) is 6.01 Å². The fourth-order valence-corrected chi connectivity index (χ4v) is 1.73. The highest BCUT2D eigenvalue weighted by atomic mass is 16.5. The maximum absolute atomic E-state index is 5.48. The van der Waals surface area contributed by atoms with Crippen molar-refractivity contribution < 1.29 is 4.74 Å². The number of rotatable bonds is 6. The number of benzene rings is 1. The van der Waals surface area contributed by atoms with E-state index < -0.39 is 0 Å². The average Bonchev–Trinajstić information content (AvgIpc) is 2.48. The molecule has 1 heterocycles. The standard InChI is InChI=1S/C15H21N5O/c1-5-8-21-15-19-13(16-4)18-14(20-15)17-12-7-6-10(2)11(3)9-12/h6-7,9H,5,8H2,1-4H3,(H2,16,17,18,19,20). The first-order valence-corrected chi connectivity index (χ1v) is 7.03. The van der Waals surface area contributed by atoms with Gasteiger partial charge in [-0.05, 0) is 43.5 Å². The van der Waals surface area contributed by atoms with Gasteiger partial charge in [0.2, 0.25) is 11.9 Å². The summed E-state index contributed by atoms with van der Waals surface area (Å²) >= 11 is 0. The van der Waals surface area contributed by atoms with Crippen molar-refractivity contribution in [3.63, 3.8) is 0 Å². The zero-order valence-electron chi connectivity index (χ0n) is 12.9. The minimum Gasteiger partial charge on any atom is -0.463 e. The zero-order chi connectivity index (χ0) is 15.2.